The maximum atomic E-state index is 13.4. The molecule has 2 saturated carbocycles. The van der Waals surface area contributed by atoms with Crippen molar-refractivity contribution in [2.75, 3.05) is 78.1 Å². The van der Waals surface area contributed by atoms with Crippen molar-refractivity contribution in [3.8, 4) is 0 Å². The molecule has 0 radical (unpaired) electrons. The smallest absolute Gasteiger partial charge is 0.267 e. The number of thiazole rings is 1. The Morgan fingerprint density at radius 2 is 1.56 bits per heavy atom. The molecular formula is C60H75Cl2IN12O3S. The number of piperazine rings is 1. The molecule has 2 aliphatic heterocycles. The minimum atomic E-state index is -0.272. The molecule has 2 saturated heterocycles. The van der Waals surface area contributed by atoms with E-state index in [0.717, 1.165) is 152 Å². The van der Waals surface area contributed by atoms with Gasteiger partial charge in [-0.3, -0.25) is 9.59 Å². The van der Waals surface area contributed by atoms with E-state index in [1.54, 1.807) is 12.3 Å². The summed E-state index contributed by atoms with van der Waals surface area (Å²) in [5, 5.41) is 12.5. The number of unbranched alkanes of at least 4 members (excludes halogenated alkanes) is 4. The van der Waals surface area contributed by atoms with Crippen molar-refractivity contribution in [3.05, 3.63) is 109 Å². The first-order chi connectivity index (χ1) is 38.5. The zero-order valence-corrected chi connectivity index (χ0v) is 50.0. The summed E-state index contributed by atoms with van der Waals surface area (Å²) in [5.74, 6) is 4.71. The number of fused-ring (bicyclic) bond motifs is 1. The van der Waals surface area contributed by atoms with Gasteiger partial charge in [0.2, 0.25) is 5.91 Å². The zero-order chi connectivity index (χ0) is 54.7. The monoisotopic (exact) mass is 1240 g/mol. The Labute approximate surface area is 493 Å². The third-order valence-electron chi connectivity index (χ3n) is 16.6. The summed E-state index contributed by atoms with van der Waals surface area (Å²) in [5.41, 5.74) is 9.56. The average Bonchev–Trinajstić information content (AvgIpc) is 4.02. The molecule has 15 nitrogen and oxygen atoms in total. The van der Waals surface area contributed by atoms with E-state index in [2.05, 4.69) is 93.5 Å². The lowest BCUT2D eigenvalue weighted by Crippen LogP contribution is -2.48. The van der Waals surface area contributed by atoms with E-state index < -0.39 is 0 Å². The second kappa shape index (κ2) is 27.2. The maximum Gasteiger partial charge on any atom is 0.267 e. The van der Waals surface area contributed by atoms with Crippen LogP contribution in [0.25, 0.3) is 10.9 Å². The highest BCUT2D eigenvalue weighted by atomic mass is 127. The van der Waals surface area contributed by atoms with Crippen molar-refractivity contribution in [2.24, 2.45) is 11.7 Å². The first-order valence-electron chi connectivity index (χ1n) is 28.8. The predicted octanol–water partition coefficient (Wildman–Crippen LogP) is 13.3. The van der Waals surface area contributed by atoms with Crippen LogP contribution in [0.5, 0.6) is 0 Å². The van der Waals surface area contributed by atoms with Gasteiger partial charge >= 0.3 is 0 Å². The van der Waals surface area contributed by atoms with Gasteiger partial charge in [0.15, 0.2) is 5.13 Å². The first kappa shape index (κ1) is 57.3. The van der Waals surface area contributed by atoms with Crippen LogP contribution in [0.1, 0.15) is 142 Å². The molecule has 5 N–H and O–H groups in total. The molecule has 79 heavy (non-hydrogen) atoms. The number of rotatable bonds is 21. The minimum absolute atomic E-state index is 0.267. The van der Waals surface area contributed by atoms with Gasteiger partial charge in [0.1, 0.15) is 34.0 Å². The zero-order valence-electron chi connectivity index (χ0n) is 45.5. The van der Waals surface area contributed by atoms with Crippen molar-refractivity contribution in [3.63, 3.8) is 0 Å². The van der Waals surface area contributed by atoms with Crippen LogP contribution in [0, 0.1) is 16.4 Å². The van der Waals surface area contributed by atoms with Crippen LogP contribution < -0.4 is 31.5 Å². The maximum absolute atomic E-state index is 13.4. The van der Waals surface area contributed by atoms with E-state index in [1.807, 2.05) is 37.3 Å². The number of carbonyl (C=O) groups excluding carboxylic acids is 2. The number of piperidine rings is 1. The molecule has 3 aromatic heterocycles. The molecule has 19 heteroatoms. The van der Waals surface area contributed by atoms with Crippen LogP contribution in [-0.4, -0.2) is 106 Å². The molecule has 0 atom stereocenters. The van der Waals surface area contributed by atoms with Gasteiger partial charge in [-0.2, -0.15) is 0 Å². The number of amides is 2. The normalized spacial score (nSPS) is 18.9. The lowest BCUT2D eigenvalue weighted by atomic mass is 9.68. The van der Waals surface area contributed by atoms with Gasteiger partial charge in [0.05, 0.1) is 40.0 Å². The summed E-state index contributed by atoms with van der Waals surface area (Å²) in [6.07, 6.45) is 22.1. The Kier molecular flexibility index (Phi) is 19.8. The third-order valence-corrected chi connectivity index (χ3v) is 19.0. The number of para-hydroxylation sites is 1. The molecular weight excluding hydrogens is 1170 g/mol. The lowest BCUT2D eigenvalue weighted by Gasteiger charge is -2.37. The molecule has 0 bridgehead atoms. The number of hydrogen-bond acceptors (Lipinski definition) is 14. The van der Waals surface area contributed by atoms with E-state index >= 15 is 0 Å². The van der Waals surface area contributed by atoms with Crippen molar-refractivity contribution < 1.29 is 14.3 Å². The van der Waals surface area contributed by atoms with E-state index in [9.17, 15) is 9.59 Å². The summed E-state index contributed by atoms with van der Waals surface area (Å²) >= 11 is 16.1. The molecule has 4 fully saturated rings. The molecule has 420 valence electrons. The third kappa shape index (κ3) is 14.6. The number of nitrogens with one attached hydrogen (secondary N) is 3. The SMILES string of the molecule is Cc1nc(Nc2ncc(C(=O)Nc3c(Cl)cccc3I)s2)cc(N2CCC(OC3CCC(CCCCCCCC(=O)N4CCN(c5ccc6c(NCCN)nc(C7(c8ccc(Cl)cc8)CCCCC7)nc6c5)CC4)CC3)CC2)n1. The highest BCUT2D eigenvalue weighted by molar-refractivity contribution is 14.1. The summed E-state index contributed by atoms with van der Waals surface area (Å²) in [4.78, 5) is 58.0. The Bertz CT molecular complexity index is 2990. The molecule has 0 unspecified atom stereocenters. The highest BCUT2D eigenvalue weighted by Gasteiger charge is 2.39. The number of halogens is 3. The topological polar surface area (TPSA) is 180 Å². The largest absolute Gasteiger partial charge is 0.375 e. The predicted molar refractivity (Wildman–Crippen MR) is 330 cm³/mol. The van der Waals surface area contributed by atoms with Crippen molar-refractivity contribution in [2.45, 2.75) is 140 Å². The lowest BCUT2D eigenvalue weighted by molar-refractivity contribution is -0.131. The standard InChI is InChI=1S/C60H75Cl2IN12O3S/c1-40-67-52(70-59-66-39-51(79-59)57(77)71-55-48(62)12-10-13-49(55)63)38-53(68-40)74-31-25-46(26-32-74)78-45-22-15-41(16-23-45)11-6-3-2-4-7-14-54(76)75-35-33-73(34-36-75)44-21-24-47-50(37-44)69-58(72-56(47)65-30-29-64)60(27-8-5-9-28-60)42-17-19-43(61)20-18-42/h10,12-13,17-21,24,37-39,41,45-46H,2-9,11,14-16,22-23,25-36,64H2,1H3,(H,71,77)(H,65,69,72)(H,66,67,68,70). The minimum Gasteiger partial charge on any atom is -0.375 e. The highest BCUT2D eigenvalue weighted by Crippen LogP contribution is 2.45. The summed E-state index contributed by atoms with van der Waals surface area (Å²) in [6.45, 7) is 7.86. The second-order valence-electron chi connectivity index (χ2n) is 22.0. The van der Waals surface area contributed by atoms with Crippen LogP contribution in [0.2, 0.25) is 10.0 Å². The summed E-state index contributed by atoms with van der Waals surface area (Å²) in [7, 11) is 0. The number of carbonyl (C=O) groups is 2. The number of hydrogen-bond donors (Lipinski definition) is 4. The number of anilines is 6. The number of benzene rings is 3. The Hall–Kier alpha value is -4.92. The second-order valence-corrected chi connectivity index (χ2v) is 25.0. The van der Waals surface area contributed by atoms with Gasteiger partial charge in [0, 0.05) is 84.5 Å². The van der Waals surface area contributed by atoms with Crippen LogP contribution in [0.4, 0.5) is 34.0 Å². The van der Waals surface area contributed by atoms with Crippen LogP contribution in [-0.2, 0) is 14.9 Å². The fourth-order valence-corrected chi connectivity index (χ4v) is 14.1. The van der Waals surface area contributed by atoms with Crippen LogP contribution >= 0.6 is 57.1 Å². The van der Waals surface area contributed by atoms with Crippen molar-refractivity contribution in [1.29, 1.82) is 0 Å². The van der Waals surface area contributed by atoms with E-state index in [1.165, 1.54) is 61.8 Å². The van der Waals surface area contributed by atoms with E-state index in [-0.39, 0.29) is 23.3 Å². The number of nitrogens with two attached hydrogens (primary N) is 1. The van der Waals surface area contributed by atoms with Crippen molar-refractivity contribution >= 4 is 114 Å². The number of aryl methyl sites for hydroxylation is 1. The quantitative estimate of drug-likeness (QED) is 0.0395. The van der Waals surface area contributed by atoms with E-state index in [0.29, 0.717) is 58.0 Å². The number of ether oxygens (including phenoxy) is 1. The van der Waals surface area contributed by atoms with Crippen LogP contribution in [0.15, 0.2) is 72.9 Å². The fraction of sp³-hybridized carbons (Fsp3) is 0.517. The van der Waals surface area contributed by atoms with E-state index in [4.69, 9.17) is 48.6 Å². The molecule has 0 spiro atoms. The van der Waals surface area contributed by atoms with Gasteiger partial charge < -0.3 is 41.1 Å². The van der Waals surface area contributed by atoms with Gasteiger partial charge in [-0.15, -0.1) is 0 Å². The molecule has 6 aromatic rings. The summed E-state index contributed by atoms with van der Waals surface area (Å²) in [6, 6.07) is 22.3. The van der Waals surface area contributed by atoms with Gasteiger partial charge in [-0.25, -0.2) is 24.9 Å². The Morgan fingerprint density at radius 3 is 2.32 bits per heavy atom. The van der Waals surface area contributed by atoms with Gasteiger partial charge in [-0.1, -0.05) is 104 Å². The molecule has 10 rings (SSSR count). The van der Waals surface area contributed by atoms with Gasteiger partial charge in [0.25, 0.3) is 5.91 Å². The fourth-order valence-electron chi connectivity index (χ4n) is 12.2. The molecule has 5 heterocycles. The first-order valence-corrected chi connectivity index (χ1v) is 31.4. The van der Waals surface area contributed by atoms with Crippen LogP contribution in [0.3, 0.4) is 0 Å². The van der Waals surface area contributed by atoms with Crippen molar-refractivity contribution in [1.82, 2.24) is 29.8 Å². The molecule has 2 amide bonds. The number of aromatic nitrogens is 5. The number of nitrogens with zero attached hydrogens (tertiary/aromatic N) is 8. The molecule has 2 aliphatic carbocycles. The average molecular weight is 1240 g/mol. The molecule has 4 aliphatic rings. The Balaban J connectivity index is 0.601. The Morgan fingerprint density at radius 1 is 0.810 bits per heavy atom. The summed E-state index contributed by atoms with van der Waals surface area (Å²) < 4.78 is 7.58. The molecule has 3 aromatic carbocycles. The van der Waals surface area contributed by atoms with Gasteiger partial charge in [-0.05, 0) is 141 Å².